The summed E-state index contributed by atoms with van der Waals surface area (Å²) in [5.41, 5.74) is -0.324. The van der Waals surface area contributed by atoms with Gasteiger partial charge in [0.1, 0.15) is 0 Å². The van der Waals surface area contributed by atoms with Gasteiger partial charge >= 0.3 is 0 Å². The summed E-state index contributed by atoms with van der Waals surface area (Å²) in [5, 5.41) is 3.64. The maximum Gasteiger partial charge on any atom is 0.273 e. The number of rotatable bonds is 1. The van der Waals surface area contributed by atoms with Crippen LogP contribution >= 0.6 is 0 Å². The molecule has 4 nitrogen and oxygen atoms in total. The average molecular weight is 242 g/mol. The number of aromatic nitrogens is 2. The summed E-state index contributed by atoms with van der Waals surface area (Å²) in [5.74, 6) is 0.263. The molecule has 1 aliphatic carbocycles. The second kappa shape index (κ2) is 3.98. The molecule has 18 heavy (non-hydrogen) atoms. The third-order valence-electron chi connectivity index (χ3n) is 3.60. The van der Waals surface area contributed by atoms with Crippen molar-refractivity contribution in [3.8, 4) is 0 Å². The first-order valence-electron chi connectivity index (χ1n) is 6.08. The Bertz CT molecular complexity index is 739. The molecular formula is C14H14N2O2. The minimum atomic E-state index is -0.204. The molecule has 2 aromatic rings. The van der Waals surface area contributed by atoms with Crippen molar-refractivity contribution in [3.63, 3.8) is 0 Å². The van der Waals surface area contributed by atoms with Gasteiger partial charge < -0.3 is 0 Å². The van der Waals surface area contributed by atoms with Crippen molar-refractivity contribution in [1.82, 2.24) is 9.78 Å². The molecule has 4 heteroatoms. The molecule has 3 rings (SSSR count). The van der Waals surface area contributed by atoms with Crippen molar-refractivity contribution in [1.29, 1.82) is 0 Å². The zero-order valence-corrected chi connectivity index (χ0v) is 10.1. The maximum absolute atomic E-state index is 12.4. The zero-order valence-electron chi connectivity index (χ0n) is 10.1. The smallest absolute Gasteiger partial charge is 0.267 e. The van der Waals surface area contributed by atoms with E-state index in [-0.39, 0.29) is 23.1 Å². The van der Waals surface area contributed by atoms with Crippen LogP contribution in [0.15, 0.2) is 46.0 Å². The van der Waals surface area contributed by atoms with E-state index in [4.69, 9.17) is 0 Å². The number of hydrogen-bond acceptors (Lipinski definition) is 2. The second-order valence-electron chi connectivity index (χ2n) is 4.75. The van der Waals surface area contributed by atoms with Gasteiger partial charge in [0.2, 0.25) is 0 Å². The number of fused-ring (bicyclic) bond motifs is 1. The van der Waals surface area contributed by atoms with Crippen LogP contribution in [0.4, 0.5) is 0 Å². The fourth-order valence-corrected chi connectivity index (χ4v) is 2.57. The van der Waals surface area contributed by atoms with Crippen LogP contribution < -0.4 is 11.1 Å². The predicted molar refractivity (Wildman–Crippen MR) is 70.8 cm³/mol. The van der Waals surface area contributed by atoms with Crippen molar-refractivity contribution in [2.45, 2.75) is 19.4 Å². The third kappa shape index (κ3) is 1.53. The Morgan fingerprint density at radius 2 is 1.94 bits per heavy atom. The van der Waals surface area contributed by atoms with E-state index in [1.54, 1.807) is 24.3 Å². The van der Waals surface area contributed by atoms with Crippen LogP contribution in [-0.4, -0.2) is 9.78 Å². The van der Waals surface area contributed by atoms with Gasteiger partial charge in [-0.15, -0.1) is 0 Å². The first-order chi connectivity index (χ1) is 8.68. The van der Waals surface area contributed by atoms with Gasteiger partial charge in [0, 0.05) is 0 Å². The first kappa shape index (κ1) is 11.0. The summed E-state index contributed by atoms with van der Waals surface area (Å²) in [6, 6.07) is 6.95. The van der Waals surface area contributed by atoms with Crippen LogP contribution in [0, 0.1) is 5.92 Å². The van der Waals surface area contributed by atoms with E-state index in [2.05, 4.69) is 17.3 Å². The molecule has 0 saturated heterocycles. The molecule has 0 radical (unpaired) electrons. The summed E-state index contributed by atoms with van der Waals surface area (Å²) in [4.78, 5) is 24.4. The number of allylic oxidation sites excluding steroid dienone is 2. The van der Waals surface area contributed by atoms with Crippen LogP contribution in [0.25, 0.3) is 10.8 Å². The molecule has 0 fully saturated rings. The van der Waals surface area contributed by atoms with Gasteiger partial charge in [-0.2, -0.15) is 0 Å². The predicted octanol–water partition coefficient (Wildman–Crippen LogP) is 1.83. The molecule has 0 amide bonds. The van der Waals surface area contributed by atoms with E-state index in [1.165, 1.54) is 4.68 Å². The van der Waals surface area contributed by atoms with Gasteiger partial charge in [-0.3, -0.25) is 14.7 Å². The highest BCUT2D eigenvalue weighted by Crippen LogP contribution is 2.27. The number of benzene rings is 1. The molecule has 0 unspecified atom stereocenters. The lowest BCUT2D eigenvalue weighted by Crippen LogP contribution is -2.34. The van der Waals surface area contributed by atoms with Crippen LogP contribution in [0.1, 0.15) is 19.4 Å². The van der Waals surface area contributed by atoms with Gasteiger partial charge in [-0.25, -0.2) is 4.68 Å². The molecule has 92 valence electrons. The molecule has 1 aromatic carbocycles. The molecule has 0 spiro atoms. The highest BCUT2D eigenvalue weighted by molar-refractivity contribution is 5.80. The quantitative estimate of drug-likeness (QED) is 0.775. The minimum absolute atomic E-state index is 0.0230. The summed E-state index contributed by atoms with van der Waals surface area (Å²) in [6.07, 6.45) is 4.91. The largest absolute Gasteiger partial charge is 0.273 e. The molecule has 2 atom stereocenters. The molecule has 1 N–H and O–H groups in total. The Balaban J connectivity index is 2.29. The number of nitrogens with zero attached hydrogens (tertiary/aromatic N) is 1. The highest BCUT2D eigenvalue weighted by atomic mass is 16.2. The van der Waals surface area contributed by atoms with Crippen LogP contribution in [-0.2, 0) is 0 Å². The van der Waals surface area contributed by atoms with E-state index in [1.807, 2.05) is 6.92 Å². The molecule has 0 aliphatic heterocycles. The second-order valence-corrected chi connectivity index (χ2v) is 4.75. The molecule has 1 heterocycles. The number of H-pyrrole nitrogens is 1. The van der Waals surface area contributed by atoms with E-state index >= 15 is 0 Å². The van der Waals surface area contributed by atoms with Gasteiger partial charge in [-0.1, -0.05) is 31.2 Å². The Kier molecular flexibility index (Phi) is 2.44. The Hall–Kier alpha value is -2.10. The molecule has 0 saturated carbocycles. The summed E-state index contributed by atoms with van der Waals surface area (Å²) < 4.78 is 1.48. The van der Waals surface area contributed by atoms with Crippen LogP contribution in [0.3, 0.4) is 0 Å². The van der Waals surface area contributed by atoms with Crippen molar-refractivity contribution < 1.29 is 0 Å². The van der Waals surface area contributed by atoms with Gasteiger partial charge in [-0.05, 0) is 24.5 Å². The number of aromatic amines is 1. The lowest BCUT2D eigenvalue weighted by molar-refractivity contribution is 0.381. The van der Waals surface area contributed by atoms with E-state index in [0.717, 1.165) is 6.42 Å². The van der Waals surface area contributed by atoms with Crippen molar-refractivity contribution in [2.75, 3.05) is 0 Å². The lowest BCUT2D eigenvalue weighted by Gasteiger charge is -2.18. The fraction of sp³-hybridized carbons (Fsp3) is 0.286. The summed E-state index contributed by atoms with van der Waals surface area (Å²) in [6.45, 7) is 2.05. The third-order valence-corrected chi connectivity index (χ3v) is 3.60. The van der Waals surface area contributed by atoms with E-state index < -0.39 is 0 Å². The topological polar surface area (TPSA) is 54.9 Å². The Morgan fingerprint density at radius 1 is 1.22 bits per heavy atom. The highest BCUT2D eigenvalue weighted by Gasteiger charge is 2.23. The fourth-order valence-electron chi connectivity index (χ4n) is 2.57. The standard InChI is InChI=1S/C14H14N2O2/c1-9-5-4-8-12(9)16-14(18)11-7-3-2-6-10(11)13(17)15-16/h2-7,9,12H,8H2,1H3,(H,15,17)/t9-,12-/m0/s1. The summed E-state index contributed by atoms with van der Waals surface area (Å²) in [7, 11) is 0. The van der Waals surface area contributed by atoms with E-state index in [0.29, 0.717) is 10.8 Å². The Morgan fingerprint density at radius 3 is 2.61 bits per heavy atom. The first-order valence-corrected chi connectivity index (χ1v) is 6.08. The van der Waals surface area contributed by atoms with E-state index in [9.17, 15) is 9.59 Å². The van der Waals surface area contributed by atoms with Gasteiger partial charge in [0.15, 0.2) is 0 Å². The van der Waals surface area contributed by atoms with Gasteiger partial charge in [0.25, 0.3) is 11.1 Å². The minimum Gasteiger partial charge on any atom is -0.267 e. The molecule has 1 aromatic heterocycles. The van der Waals surface area contributed by atoms with Crippen molar-refractivity contribution in [3.05, 3.63) is 57.1 Å². The number of hydrogen-bond donors (Lipinski definition) is 1. The monoisotopic (exact) mass is 242 g/mol. The average Bonchev–Trinajstić information content (AvgIpc) is 2.80. The van der Waals surface area contributed by atoms with Crippen molar-refractivity contribution in [2.24, 2.45) is 5.92 Å². The molecular weight excluding hydrogens is 228 g/mol. The maximum atomic E-state index is 12.4. The normalized spacial score (nSPS) is 22.7. The zero-order chi connectivity index (χ0) is 12.7. The number of nitrogens with one attached hydrogen (secondary N) is 1. The van der Waals surface area contributed by atoms with Crippen LogP contribution in [0.2, 0.25) is 0 Å². The molecule has 1 aliphatic rings. The van der Waals surface area contributed by atoms with Gasteiger partial charge in [0.05, 0.1) is 16.8 Å². The Labute approximate surface area is 104 Å². The SMILES string of the molecule is C[C@H]1C=CC[C@@H]1n1[nH]c(=O)c2ccccc2c1=O. The molecule has 0 bridgehead atoms. The lowest BCUT2D eigenvalue weighted by atomic mass is 10.1. The van der Waals surface area contributed by atoms with Crippen LogP contribution in [0.5, 0.6) is 0 Å². The summed E-state index contributed by atoms with van der Waals surface area (Å²) >= 11 is 0. The van der Waals surface area contributed by atoms with Crippen molar-refractivity contribution >= 4 is 10.8 Å².